The lowest BCUT2D eigenvalue weighted by Crippen LogP contribution is -2.60. The molecule has 6 heteroatoms. The number of amides is 2. The van der Waals surface area contributed by atoms with Crippen molar-refractivity contribution >= 4 is 28.9 Å². The molecule has 2 aliphatic rings. The molecule has 0 unspecified atom stereocenters. The number of nitrogens with one attached hydrogen (secondary N) is 1. The number of carbonyl (C=O) groups excluding carboxylic acids is 2. The first-order valence-electron chi connectivity index (χ1n) is 9.41. The standard InChI is InChI=1S/C22H20N4O2/c1-14-6-2-3-7-15(14)11-23-26-13-21(27)25-12-19-17(10-20(25)22(26)28)16-8-4-5-9-18(16)24-19/h2-9,11,20,24H,10,12-13H2,1H3/t20-/m0/s1. The van der Waals surface area contributed by atoms with E-state index in [-0.39, 0.29) is 18.4 Å². The Kier molecular flexibility index (Phi) is 3.79. The fraction of sp³-hybridized carbons (Fsp3) is 0.227. The molecule has 0 saturated carbocycles. The summed E-state index contributed by atoms with van der Waals surface area (Å²) in [6, 6.07) is 15.4. The smallest absolute Gasteiger partial charge is 0.266 e. The maximum atomic E-state index is 13.1. The molecule has 2 aromatic carbocycles. The summed E-state index contributed by atoms with van der Waals surface area (Å²) < 4.78 is 0. The van der Waals surface area contributed by atoms with Crippen LogP contribution in [0.1, 0.15) is 22.4 Å². The van der Waals surface area contributed by atoms with E-state index in [9.17, 15) is 9.59 Å². The highest BCUT2D eigenvalue weighted by Crippen LogP contribution is 2.32. The Morgan fingerprint density at radius 3 is 2.71 bits per heavy atom. The maximum absolute atomic E-state index is 13.1. The lowest BCUT2D eigenvalue weighted by molar-refractivity contribution is -0.157. The summed E-state index contributed by atoms with van der Waals surface area (Å²) in [6.07, 6.45) is 2.18. The highest BCUT2D eigenvalue weighted by molar-refractivity contribution is 5.97. The van der Waals surface area contributed by atoms with Crippen LogP contribution in [-0.4, -0.2) is 45.5 Å². The number of carbonyl (C=O) groups is 2. The Balaban J connectivity index is 1.46. The second-order valence-electron chi connectivity index (χ2n) is 7.37. The van der Waals surface area contributed by atoms with Gasteiger partial charge in [-0.3, -0.25) is 9.59 Å². The lowest BCUT2D eigenvalue weighted by Gasteiger charge is -2.40. The van der Waals surface area contributed by atoms with Crippen LogP contribution in [0.15, 0.2) is 53.6 Å². The van der Waals surface area contributed by atoms with Crippen LogP contribution in [0, 0.1) is 6.92 Å². The van der Waals surface area contributed by atoms with Gasteiger partial charge in [-0.25, -0.2) is 5.01 Å². The van der Waals surface area contributed by atoms with E-state index in [0.717, 1.165) is 33.3 Å². The third-order valence-electron chi connectivity index (χ3n) is 5.67. The first-order valence-corrected chi connectivity index (χ1v) is 9.41. The van der Waals surface area contributed by atoms with Crippen molar-refractivity contribution in [3.05, 3.63) is 70.9 Å². The van der Waals surface area contributed by atoms with Crippen molar-refractivity contribution in [2.24, 2.45) is 5.10 Å². The van der Waals surface area contributed by atoms with Crippen LogP contribution in [-0.2, 0) is 22.6 Å². The zero-order chi connectivity index (χ0) is 19.3. The van der Waals surface area contributed by atoms with Crippen molar-refractivity contribution in [3.8, 4) is 0 Å². The van der Waals surface area contributed by atoms with Crippen LogP contribution in [0.4, 0.5) is 0 Å². The topological polar surface area (TPSA) is 68.8 Å². The van der Waals surface area contributed by atoms with Gasteiger partial charge in [0.15, 0.2) is 0 Å². The normalized spacial score (nSPS) is 19.4. The highest BCUT2D eigenvalue weighted by Gasteiger charge is 2.43. The van der Waals surface area contributed by atoms with Crippen LogP contribution >= 0.6 is 0 Å². The van der Waals surface area contributed by atoms with Crippen molar-refractivity contribution in [1.82, 2.24) is 14.9 Å². The van der Waals surface area contributed by atoms with Gasteiger partial charge in [-0.15, -0.1) is 0 Å². The number of aryl methyl sites for hydroxylation is 1. The zero-order valence-electron chi connectivity index (χ0n) is 15.6. The predicted molar refractivity (Wildman–Crippen MR) is 107 cm³/mol. The molecule has 140 valence electrons. The van der Waals surface area contributed by atoms with Gasteiger partial charge in [0.25, 0.3) is 5.91 Å². The van der Waals surface area contributed by atoms with E-state index in [0.29, 0.717) is 13.0 Å². The van der Waals surface area contributed by atoms with Crippen molar-refractivity contribution in [2.75, 3.05) is 6.54 Å². The van der Waals surface area contributed by atoms with Gasteiger partial charge in [-0.05, 0) is 29.7 Å². The van der Waals surface area contributed by atoms with Gasteiger partial charge >= 0.3 is 0 Å². The van der Waals surface area contributed by atoms with Crippen LogP contribution < -0.4 is 0 Å². The van der Waals surface area contributed by atoms with Gasteiger partial charge in [0.05, 0.1) is 12.8 Å². The molecule has 2 amide bonds. The number of hydrogen-bond acceptors (Lipinski definition) is 3. The molecular weight excluding hydrogens is 352 g/mol. The average Bonchev–Trinajstić information content (AvgIpc) is 3.07. The van der Waals surface area contributed by atoms with E-state index >= 15 is 0 Å². The molecule has 0 spiro atoms. The van der Waals surface area contributed by atoms with Gasteiger partial charge in [0.2, 0.25) is 5.91 Å². The third kappa shape index (κ3) is 2.60. The average molecular weight is 372 g/mol. The number of fused-ring (bicyclic) bond motifs is 4. The Morgan fingerprint density at radius 2 is 1.86 bits per heavy atom. The molecule has 28 heavy (non-hydrogen) atoms. The molecule has 3 heterocycles. The van der Waals surface area contributed by atoms with Crippen LogP contribution in [0.2, 0.25) is 0 Å². The summed E-state index contributed by atoms with van der Waals surface area (Å²) in [4.78, 5) is 30.9. The van der Waals surface area contributed by atoms with Crippen molar-refractivity contribution < 1.29 is 9.59 Å². The highest BCUT2D eigenvalue weighted by atomic mass is 16.2. The quantitative estimate of drug-likeness (QED) is 0.703. The number of para-hydroxylation sites is 1. The van der Waals surface area contributed by atoms with Crippen molar-refractivity contribution in [1.29, 1.82) is 0 Å². The van der Waals surface area contributed by atoms with Crippen LogP contribution in [0.25, 0.3) is 10.9 Å². The number of hydrogen-bond donors (Lipinski definition) is 1. The van der Waals surface area contributed by atoms with E-state index < -0.39 is 6.04 Å². The minimum Gasteiger partial charge on any atom is -0.357 e. The Morgan fingerprint density at radius 1 is 1.07 bits per heavy atom. The van der Waals surface area contributed by atoms with E-state index in [4.69, 9.17) is 0 Å². The zero-order valence-corrected chi connectivity index (χ0v) is 15.6. The van der Waals surface area contributed by atoms with Gasteiger partial charge in [-0.1, -0.05) is 42.5 Å². The van der Waals surface area contributed by atoms with Gasteiger partial charge in [0.1, 0.15) is 12.6 Å². The van der Waals surface area contributed by atoms with Crippen molar-refractivity contribution in [2.45, 2.75) is 25.9 Å². The predicted octanol–water partition coefficient (Wildman–Crippen LogP) is 2.61. The number of nitrogens with zero attached hydrogens (tertiary/aromatic N) is 3. The first kappa shape index (κ1) is 16.7. The second-order valence-corrected chi connectivity index (χ2v) is 7.37. The summed E-state index contributed by atoms with van der Waals surface area (Å²) in [5.41, 5.74) is 5.21. The number of piperazine rings is 1. The van der Waals surface area contributed by atoms with Gasteiger partial charge in [0, 0.05) is 23.0 Å². The number of rotatable bonds is 2. The number of aromatic amines is 1. The molecule has 2 aliphatic heterocycles. The summed E-state index contributed by atoms with van der Waals surface area (Å²) in [5, 5.41) is 6.78. The molecule has 0 radical (unpaired) electrons. The lowest BCUT2D eigenvalue weighted by atomic mass is 9.94. The van der Waals surface area contributed by atoms with Gasteiger partial charge < -0.3 is 9.88 Å². The minimum atomic E-state index is -0.498. The molecule has 0 aliphatic carbocycles. The number of aromatic nitrogens is 1. The van der Waals surface area contributed by atoms with E-state index in [1.54, 1.807) is 11.1 Å². The molecule has 1 N–H and O–H groups in total. The third-order valence-corrected chi connectivity index (χ3v) is 5.67. The minimum absolute atomic E-state index is 0.0206. The monoisotopic (exact) mass is 372 g/mol. The molecule has 1 saturated heterocycles. The van der Waals surface area contributed by atoms with Crippen molar-refractivity contribution in [3.63, 3.8) is 0 Å². The molecular formula is C22H20N4O2. The maximum Gasteiger partial charge on any atom is 0.266 e. The van der Waals surface area contributed by atoms with Crippen LogP contribution in [0.3, 0.4) is 0 Å². The summed E-state index contributed by atoms with van der Waals surface area (Å²) in [6.45, 7) is 2.41. The molecule has 3 aromatic rings. The fourth-order valence-corrected chi connectivity index (χ4v) is 4.12. The molecule has 6 nitrogen and oxygen atoms in total. The number of hydrazone groups is 1. The number of benzene rings is 2. The largest absolute Gasteiger partial charge is 0.357 e. The molecule has 1 atom stereocenters. The van der Waals surface area contributed by atoms with Gasteiger partial charge in [-0.2, -0.15) is 5.10 Å². The molecule has 1 aromatic heterocycles. The Hall–Kier alpha value is -3.41. The Bertz CT molecular complexity index is 1130. The number of H-pyrrole nitrogens is 1. The van der Waals surface area contributed by atoms with E-state index in [1.807, 2.05) is 49.4 Å². The molecule has 1 fully saturated rings. The molecule has 0 bridgehead atoms. The first-order chi connectivity index (χ1) is 13.6. The molecule has 5 rings (SSSR count). The van der Waals surface area contributed by atoms with E-state index in [1.165, 1.54) is 5.01 Å². The summed E-state index contributed by atoms with van der Waals surface area (Å²) in [5.74, 6) is -0.198. The van der Waals surface area contributed by atoms with Crippen LogP contribution in [0.5, 0.6) is 0 Å². The summed E-state index contributed by atoms with van der Waals surface area (Å²) in [7, 11) is 0. The SMILES string of the molecule is Cc1ccccc1C=NN1CC(=O)N2Cc3[nH]c4ccccc4c3C[C@H]2C1=O. The summed E-state index contributed by atoms with van der Waals surface area (Å²) >= 11 is 0. The second kappa shape index (κ2) is 6.34. The fourth-order valence-electron chi connectivity index (χ4n) is 4.12. The van der Waals surface area contributed by atoms with E-state index in [2.05, 4.69) is 16.2 Å². The Labute approximate surface area is 162 Å².